The molecule has 1 heterocycles. The Kier molecular flexibility index (Phi) is 3.66. The molecular formula is C13H11ClFN3O. The van der Waals surface area contributed by atoms with Crippen molar-refractivity contribution in [3.05, 3.63) is 52.6 Å². The zero-order chi connectivity index (χ0) is 14.0. The summed E-state index contributed by atoms with van der Waals surface area (Å²) in [6.07, 6.45) is 1.42. The van der Waals surface area contributed by atoms with Crippen molar-refractivity contribution in [1.82, 2.24) is 4.98 Å². The number of aryl methyl sites for hydroxylation is 1. The molecule has 3 N–H and O–H groups in total. The molecule has 6 heteroatoms. The Bertz CT molecular complexity index is 646. The third-order valence-electron chi connectivity index (χ3n) is 2.53. The van der Waals surface area contributed by atoms with Crippen molar-refractivity contribution in [1.29, 1.82) is 0 Å². The van der Waals surface area contributed by atoms with Crippen molar-refractivity contribution in [2.24, 2.45) is 0 Å². The third kappa shape index (κ3) is 3.00. The van der Waals surface area contributed by atoms with Crippen LogP contribution in [0.2, 0.25) is 5.15 Å². The molecule has 2 aromatic rings. The Hall–Kier alpha value is -2.14. The van der Waals surface area contributed by atoms with Crippen LogP contribution in [-0.2, 0) is 0 Å². The van der Waals surface area contributed by atoms with Crippen molar-refractivity contribution in [3.8, 4) is 0 Å². The van der Waals surface area contributed by atoms with E-state index < -0.39 is 11.7 Å². The Morgan fingerprint density at radius 2 is 2.16 bits per heavy atom. The lowest BCUT2D eigenvalue weighted by molar-refractivity contribution is 0.102. The number of pyridine rings is 1. The first-order chi connectivity index (χ1) is 8.97. The van der Waals surface area contributed by atoms with Gasteiger partial charge < -0.3 is 11.1 Å². The van der Waals surface area contributed by atoms with Crippen molar-refractivity contribution < 1.29 is 9.18 Å². The fourth-order valence-corrected chi connectivity index (χ4v) is 1.65. The number of carbonyl (C=O) groups is 1. The fourth-order valence-electron chi connectivity index (χ4n) is 1.55. The van der Waals surface area contributed by atoms with Gasteiger partial charge >= 0.3 is 0 Å². The second-order valence-corrected chi connectivity index (χ2v) is 4.38. The number of aromatic nitrogens is 1. The Balaban J connectivity index is 2.25. The van der Waals surface area contributed by atoms with Crippen molar-refractivity contribution in [2.45, 2.75) is 6.92 Å². The van der Waals surface area contributed by atoms with Crippen LogP contribution >= 0.6 is 11.6 Å². The molecule has 0 saturated carbocycles. The summed E-state index contributed by atoms with van der Waals surface area (Å²) >= 11 is 5.79. The first-order valence-corrected chi connectivity index (χ1v) is 5.83. The van der Waals surface area contributed by atoms with Crippen LogP contribution in [0, 0.1) is 12.7 Å². The number of anilines is 2. The second kappa shape index (κ2) is 5.24. The molecule has 0 aliphatic heterocycles. The van der Waals surface area contributed by atoms with E-state index in [0.29, 0.717) is 10.8 Å². The Morgan fingerprint density at radius 1 is 1.42 bits per heavy atom. The molecule has 0 fully saturated rings. The highest BCUT2D eigenvalue weighted by Gasteiger charge is 2.11. The van der Waals surface area contributed by atoms with Crippen molar-refractivity contribution in [2.75, 3.05) is 11.1 Å². The number of halogens is 2. The number of nitrogens with one attached hydrogen (secondary N) is 1. The third-order valence-corrected chi connectivity index (χ3v) is 2.93. The Labute approximate surface area is 114 Å². The molecule has 1 aromatic heterocycles. The van der Waals surface area contributed by atoms with Gasteiger partial charge in [-0.15, -0.1) is 0 Å². The SMILES string of the molecule is Cc1cc(NC(=O)c2cc(F)ccc2N)cnc1Cl. The van der Waals surface area contributed by atoms with Gasteiger partial charge in [0.25, 0.3) is 5.91 Å². The van der Waals surface area contributed by atoms with Gasteiger partial charge in [-0.2, -0.15) is 0 Å². The summed E-state index contributed by atoms with van der Waals surface area (Å²) in [5, 5.41) is 2.95. The highest BCUT2D eigenvalue weighted by molar-refractivity contribution is 6.30. The van der Waals surface area contributed by atoms with E-state index in [4.69, 9.17) is 17.3 Å². The zero-order valence-corrected chi connectivity index (χ0v) is 10.8. The van der Waals surface area contributed by atoms with Crippen LogP contribution in [0.5, 0.6) is 0 Å². The average molecular weight is 280 g/mol. The van der Waals surface area contributed by atoms with Gasteiger partial charge in [-0.3, -0.25) is 4.79 Å². The predicted octanol–water partition coefficient (Wildman–Crippen LogP) is 3.02. The molecular weight excluding hydrogens is 269 g/mol. The molecule has 98 valence electrons. The van der Waals surface area contributed by atoms with E-state index in [1.165, 1.54) is 18.3 Å². The van der Waals surface area contributed by atoms with Crippen LogP contribution in [0.4, 0.5) is 15.8 Å². The molecule has 4 nitrogen and oxygen atoms in total. The van der Waals surface area contributed by atoms with Crippen LogP contribution in [-0.4, -0.2) is 10.9 Å². The van der Waals surface area contributed by atoms with Gasteiger partial charge in [0.2, 0.25) is 0 Å². The standard InChI is InChI=1S/C13H11ClFN3O/c1-7-4-9(6-17-12(7)14)18-13(19)10-5-8(15)2-3-11(10)16/h2-6H,16H2,1H3,(H,18,19). The number of nitrogen functional groups attached to an aromatic ring is 1. The number of benzene rings is 1. The molecule has 0 saturated heterocycles. The second-order valence-electron chi connectivity index (χ2n) is 4.02. The number of hydrogen-bond donors (Lipinski definition) is 2. The van der Waals surface area contributed by atoms with Gasteiger partial charge in [0.15, 0.2) is 0 Å². The topological polar surface area (TPSA) is 68.0 Å². The van der Waals surface area contributed by atoms with Crippen molar-refractivity contribution >= 4 is 28.9 Å². The minimum atomic E-state index is -0.523. The fraction of sp³-hybridized carbons (Fsp3) is 0.0769. The molecule has 0 aliphatic carbocycles. The van der Waals surface area contributed by atoms with Crippen LogP contribution < -0.4 is 11.1 Å². The molecule has 0 radical (unpaired) electrons. The maximum Gasteiger partial charge on any atom is 0.257 e. The van der Waals surface area contributed by atoms with E-state index >= 15 is 0 Å². The molecule has 0 aliphatic rings. The summed E-state index contributed by atoms with van der Waals surface area (Å²) < 4.78 is 13.1. The lowest BCUT2D eigenvalue weighted by atomic mass is 10.1. The summed E-state index contributed by atoms with van der Waals surface area (Å²) in [5.41, 5.74) is 7.11. The lowest BCUT2D eigenvalue weighted by Gasteiger charge is -2.08. The van der Waals surface area contributed by atoms with E-state index in [9.17, 15) is 9.18 Å². The zero-order valence-electron chi connectivity index (χ0n) is 10.1. The van der Waals surface area contributed by atoms with Gasteiger partial charge in [-0.1, -0.05) is 11.6 Å². The van der Waals surface area contributed by atoms with Gasteiger partial charge in [0.05, 0.1) is 17.4 Å². The number of nitrogens with two attached hydrogens (primary N) is 1. The normalized spacial score (nSPS) is 10.3. The van der Waals surface area contributed by atoms with E-state index in [1.54, 1.807) is 13.0 Å². The van der Waals surface area contributed by atoms with Crippen LogP contribution in [0.1, 0.15) is 15.9 Å². The van der Waals surface area contributed by atoms with E-state index in [0.717, 1.165) is 11.6 Å². The number of carbonyl (C=O) groups excluding carboxylic acids is 1. The lowest BCUT2D eigenvalue weighted by Crippen LogP contribution is -2.14. The molecule has 1 amide bonds. The minimum absolute atomic E-state index is 0.0765. The predicted molar refractivity (Wildman–Crippen MR) is 72.7 cm³/mol. The smallest absolute Gasteiger partial charge is 0.257 e. The maximum atomic E-state index is 13.1. The summed E-state index contributed by atoms with van der Waals surface area (Å²) in [4.78, 5) is 15.9. The molecule has 2 rings (SSSR count). The quantitative estimate of drug-likeness (QED) is 0.656. The number of nitrogens with zero attached hydrogens (tertiary/aromatic N) is 1. The maximum absolute atomic E-state index is 13.1. The summed E-state index contributed by atoms with van der Waals surface area (Å²) in [6.45, 7) is 1.77. The van der Waals surface area contributed by atoms with E-state index in [1.807, 2.05) is 0 Å². The molecule has 0 bridgehead atoms. The number of hydrogen-bond acceptors (Lipinski definition) is 3. The first-order valence-electron chi connectivity index (χ1n) is 5.46. The van der Waals surface area contributed by atoms with Gasteiger partial charge in [-0.05, 0) is 36.8 Å². The largest absolute Gasteiger partial charge is 0.398 e. The Morgan fingerprint density at radius 3 is 2.84 bits per heavy atom. The summed E-state index contributed by atoms with van der Waals surface area (Å²) in [6, 6.07) is 5.29. The summed E-state index contributed by atoms with van der Waals surface area (Å²) in [7, 11) is 0. The van der Waals surface area contributed by atoms with Gasteiger partial charge in [0, 0.05) is 5.69 Å². The van der Waals surface area contributed by atoms with E-state index in [-0.39, 0.29) is 11.3 Å². The highest BCUT2D eigenvalue weighted by Crippen LogP contribution is 2.19. The van der Waals surface area contributed by atoms with Crippen LogP contribution in [0.25, 0.3) is 0 Å². The average Bonchev–Trinajstić information content (AvgIpc) is 2.36. The monoisotopic (exact) mass is 279 g/mol. The molecule has 0 unspecified atom stereocenters. The minimum Gasteiger partial charge on any atom is -0.398 e. The van der Waals surface area contributed by atoms with Crippen LogP contribution in [0.3, 0.4) is 0 Å². The van der Waals surface area contributed by atoms with Crippen LogP contribution in [0.15, 0.2) is 30.5 Å². The van der Waals surface area contributed by atoms with E-state index in [2.05, 4.69) is 10.3 Å². The number of amides is 1. The summed E-state index contributed by atoms with van der Waals surface area (Å²) in [5.74, 6) is -1.02. The van der Waals surface area contributed by atoms with Crippen molar-refractivity contribution in [3.63, 3.8) is 0 Å². The molecule has 0 spiro atoms. The highest BCUT2D eigenvalue weighted by atomic mass is 35.5. The van der Waals surface area contributed by atoms with Gasteiger partial charge in [0.1, 0.15) is 11.0 Å². The molecule has 0 atom stereocenters. The number of rotatable bonds is 2. The first kappa shape index (κ1) is 13.3. The molecule has 19 heavy (non-hydrogen) atoms. The van der Waals surface area contributed by atoms with Gasteiger partial charge in [-0.25, -0.2) is 9.37 Å². The molecule has 1 aromatic carbocycles.